The molecule has 0 fully saturated rings. The van der Waals surface area contributed by atoms with E-state index in [1.165, 1.54) is 11.3 Å². The largest absolute Gasteiger partial charge is 0.351 e. The number of hydrogen-bond donors (Lipinski definition) is 2. The van der Waals surface area contributed by atoms with Crippen molar-refractivity contribution in [2.24, 2.45) is 0 Å². The Labute approximate surface area is 132 Å². The van der Waals surface area contributed by atoms with Crippen LogP contribution in [-0.2, 0) is 4.79 Å². The molecule has 0 aliphatic carbocycles. The summed E-state index contributed by atoms with van der Waals surface area (Å²) in [7, 11) is 0. The van der Waals surface area contributed by atoms with Crippen LogP contribution in [0.4, 0.5) is 5.69 Å². The molecular weight excluding hydrogens is 308 g/mol. The fourth-order valence-corrected chi connectivity index (χ4v) is 2.47. The Morgan fingerprint density at radius 1 is 1.14 bits per heavy atom. The van der Waals surface area contributed by atoms with E-state index in [4.69, 9.17) is 11.6 Å². The third kappa shape index (κ3) is 5.21. The highest BCUT2D eigenvalue weighted by Gasteiger charge is 2.06. The highest BCUT2D eigenvalue weighted by Crippen LogP contribution is 2.13. The van der Waals surface area contributed by atoms with Crippen LogP contribution < -0.4 is 10.6 Å². The van der Waals surface area contributed by atoms with Crippen molar-refractivity contribution in [1.29, 1.82) is 0 Å². The van der Waals surface area contributed by atoms with Crippen LogP contribution in [0.15, 0.2) is 41.8 Å². The lowest BCUT2D eigenvalue weighted by Gasteiger charge is -2.06. The van der Waals surface area contributed by atoms with Gasteiger partial charge in [0.2, 0.25) is 5.91 Å². The summed E-state index contributed by atoms with van der Waals surface area (Å²) in [5.41, 5.74) is 0.715. The van der Waals surface area contributed by atoms with Gasteiger partial charge in [-0.25, -0.2) is 0 Å². The molecule has 0 radical (unpaired) electrons. The minimum Gasteiger partial charge on any atom is -0.351 e. The zero-order valence-electron chi connectivity index (χ0n) is 11.3. The lowest BCUT2D eigenvalue weighted by atomic mass is 10.2. The summed E-state index contributed by atoms with van der Waals surface area (Å²) in [6.07, 6.45) is 0.948. The second-order valence-electron chi connectivity index (χ2n) is 4.39. The first kappa shape index (κ1) is 15.5. The van der Waals surface area contributed by atoms with E-state index in [1.807, 2.05) is 11.4 Å². The highest BCUT2D eigenvalue weighted by atomic mass is 35.5. The van der Waals surface area contributed by atoms with Crippen molar-refractivity contribution in [3.8, 4) is 0 Å². The third-order valence-electron chi connectivity index (χ3n) is 2.74. The summed E-state index contributed by atoms with van der Waals surface area (Å²) in [6, 6.07) is 10.5. The number of thiophene rings is 1. The van der Waals surface area contributed by atoms with E-state index >= 15 is 0 Å². The lowest BCUT2D eigenvalue weighted by Crippen LogP contribution is -2.24. The summed E-state index contributed by atoms with van der Waals surface area (Å²) in [5.74, 6) is -0.175. The number of rotatable bonds is 6. The molecule has 2 N–H and O–H groups in total. The van der Waals surface area contributed by atoms with Gasteiger partial charge in [0.15, 0.2) is 0 Å². The fourth-order valence-electron chi connectivity index (χ4n) is 1.70. The average molecular weight is 323 g/mol. The standard InChI is InChI=1S/C15H15ClN2O2S/c16-11-5-7-12(8-6-11)18-14(19)4-1-9-17-15(20)13-3-2-10-21-13/h2-3,5-8,10H,1,4,9H2,(H,17,20)(H,18,19). The number of hydrogen-bond acceptors (Lipinski definition) is 3. The molecule has 0 unspecified atom stereocenters. The van der Waals surface area contributed by atoms with Gasteiger partial charge >= 0.3 is 0 Å². The van der Waals surface area contributed by atoms with Gasteiger partial charge in [-0.1, -0.05) is 17.7 Å². The van der Waals surface area contributed by atoms with Crippen LogP contribution in [0.5, 0.6) is 0 Å². The molecule has 2 aromatic rings. The van der Waals surface area contributed by atoms with E-state index in [2.05, 4.69) is 10.6 Å². The van der Waals surface area contributed by atoms with Gasteiger partial charge in [0.1, 0.15) is 0 Å². The van der Waals surface area contributed by atoms with E-state index in [-0.39, 0.29) is 11.8 Å². The van der Waals surface area contributed by atoms with Crippen LogP contribution in [-0.4, -0.2) is 18.4 Å². The zero-order valence-corrected chi connectivity index (χ0v) is 12.8. The van der Waals surface area contributed by atoms with Gasteiger partial charge in [-0.2, -0.15) is 0 Å². The maximum Gasteiger partial charge on any atom is 0.261 e. The number of nitrogens with one attached hydrogen (secondary N) is 2. The molecule has 6 heteroatoms. The lowest BCUT2D eigenvalue weighted by molar-refractivity contribution is -0.116. The Morgan fingerprint density at radius 3 is 2.57 bits per heavy atom. The van der Waals surface area contributed by atoms with Crippen molar-refractivity contribution in [3.63, 3.8) is 0 Å². The summed E-state index contributed by atoms with van der Waals surface area (Å²) < 4.78 is 0. The van der Waals surface area contributed by atoms with Gasteiger partial charge in [-0.3, -0.25) is 9.59 Å². The van der Waals surface area contributed by atoms with Gasteiger partial charge in [-0.15, -0.1) is 11.3 Å². The fraction of sp³-hybridized carbons (Fsp3) is 0.200. The SMILES string of the molecule is O=C(CCCNC(=O)c1cccs1)Nc1ccc(Cl)cc1. The molecule has 1 aromatic carbocycles. The van der Waals surface area contributed by atoms with E-state index in [0.29, 0.717) is 35.0 Å². The Bertz CT molecular complexity index is 597. The zero-order chi connectivity index (χ0) is 15.1. The molecule has 0 aliphatic heterocycles. The molecule has 0 saturated carbocycles. The molecule has 0 saturated heterocycles. The van der Waals surface area contributed by atoms with Crippen molar-refractivity contribution >= 4 is 40.4 Å². The molecule has 0 bridgehead atoms. The summed E-state index contributed by atoms with van der Waals surface area (Å²) in [6.45, 7) is 0.477. The number of halogens is 1. The second kappa shape index (κ2) is 7.81. The van der Waals surface area contributed by atoms with Crippen LogP contribution in [0.25, 0.3) is 0 Å². The molecule has 0 spiro atoms. The first-order valence-electron chi connectivity index (χ1n) is 6.52. The quantitative estimate of drug-likeness (QED) is 0.799. The summed E-state index contributed by atoms with van der Waals surface area (Å²) in [5, 5.41) is 8.05. The number of benzene rings is 1. The van der Waals surface area contributed by atoms with E-state index in [9.17, 15) is 9.59 Å². The topological polar surface area (TPSA) is 58.2 Å². The molecule has 4 nitrogen and oxygen atoms in total. The minimum absolute atomic E-state index is 0.0808. The number of carbonyl (C=O) groups excluding carboxylic acids is 2. The molecule has 110 valence electrons. The predicted octanol–water partition coefficient (Wildman–Crippen LogP) is 3.55. The smallest absolute Gasteiger partial charge is 0.261 e. The average Bonchev–Trinajstić information content (AvgIpc) is 3.00. The van der Waals surface area contributed by atoms with Crippen molar-refractivity contribution < 1.29 is 9.59 Å². The van der Waals surface area contributed by atoms with Gasteiger partial charge in [0.25, 0.3) is 5.91 Å². The number of amides is 2. The van der Waals surface area contributed by atoms with Crippen molar-refractivity contribution in [1.82, 2.24) is 5.32 Å². The Kier molecular flexibility index (Phi) is 5.78. The minimum atomic E-state index is -0.0943. The maximum atomic E-state index is 11.7. The normalized spacial score (nSPS) is 10.1. The molecule has 1 heterocycles. The van der Waals surface area contributed by atoms with Gasteiger partial charge < -0.3 is 10.6 Å². The Balaban J connectivity index is 1.65. The van der Waals surface area contributed by atoms with E-state index in [1.54, 1.807) is 30.3 Å². The maximum absolute atomic E-state index is 11.7. The van der Waals surface area contributed by atoms with Gasteiger partial charge in [-0.05, 0) is 42.1 Å². The second-order valence-corrected chi connectivity index (χ2v) is 5.78. The first-order chi connectivity index (χ1) is 10.1. The molecule has 2 rings (SSSR count). The Hall–Kier alpha value is -1.85. The van der Waals surface area contributed by atoms with Crippen LogP contribution in [0.3, 0.4) is 0 Å². The van der Waals surface area contributed by atoms with Crippen molar-refractivity contribution in [2.45, 2.75) is 12.8 Å². The molecular formula is C15H15ClN2O2S. The van der Waals surface area contributed by atoms with E-state index in [0.717, 1.165) is 0 Å². The molecule has 21 heavy (non-hydrogen) atoms. The molecule has 2 amide bonds. The molecule has 0 atom stereocenters. The number of carbonyl (C=O) groups is 2. The predicted molar refractivity (Wildman–Crippen MR) is 86.0 cm³/mol. The Morgan fingerprint density at radius 2 is 1.90 bits per heavy atom. The first-order valence-corrected chi connectivity index (χ1v) is 7.78. The molecule has 0 aliphatic rings. The van der Waals surface area contributed by atoms with Crippen LogP contribution in [0.1, 0.15) is 22.5 Å². The van der Waals surface area contributed by atoms with Crippen LogP contribution in [0, 0.1) is 0 Å². The van der Waals surface area contributed by atoms with Gasteiger partial charge in [0.05, 0.1) is 4.88 Å². The van der Waals surface area contributed by atoms with Crippen LogP contribution >= 0.6 is 22.9 Å². The highest BCUT2D eigenvalue weighted by molar-refractivity contribution is 7.12. The monoisotopic (exact) mass is 322 g/mol. The van der Waals surface area contributed by atoms with E-state index < -0.39 is 0 Å². The third-order valence-corrected chi connectivity index (χ3v) is 3.86. The van der Waals surface area contributed by atoms with Gasteiger partial charge in [0, 0.05) is 23.7 Å². The van der Waals surface area contributed by atoms with Crippen molar-refractivity contribution in [2.75, 3.05) is 11.9 Å². The summed E-state index contributed by atoms with van der Waals surface area (Å²) in [4.78, 5) is 24.1. The summed E-state index contributed by atoms with van der Waals surface area (Å²) >= 11 is 7.17. The molecule has 1 aromatic heterocycles. The number of anilines is 1. The van der Waals surface area contributed by atoms with Crippen molar-refractivity contribution in [3.05, 3.63) is 51.7 Å². The van der Waals surface area contributed by atoms with Crippen LogP contribution in [0.2, 0.25) is 5.02 Å².